The first-order chi connectivity index (χ1) is 12.6. The van der Waals surface area contributed by atoms with E-state index in [1.807, 2.05) is 0 Å². The van der Waals surface area contributed by atoms with E-state index in [4.69, 9.17) is 9.47 Å². The maximum Gasteiger partial charge on any atom is 0.307 e. The monoisotopic (exact) mass is 356 g/mol. The van der Waals surface area contributed by atoms with Crippen LogP contribution < -0.4 is 14.8 Å². The van der Waals surface area contributed by atoms with E-state index in [2.05, 4.69) is 15.5 Å². The fourth-order valence-electron chi connectivity index (χ4n) is 2.40. The summed E-state index contributed by atoms with van der Waals surface area (Å²) in [6, 6.07) is 6.62. The average molecular weight is 356 g/mol. The van der Waals surface area contributed by atoms with Gasteiger partial charge in [0, 0.05) is 18.0 Å². The molecule has 3 aromatic rings. The van der Waals surface area contributed by atoms with Gasteiger partial charge in [0.1, 0.15) is 19.1 Å². The van der Waals surface area contributed by atoms with Crippen molar-refractivity contribution < 1.29 is 19.2 Å². The number of hydrogen-bond donors (Lipinski definition) is 1. The Balaban J connectivity index is 1.43. The van der Waals surface area contributed by atoms with Crippen molar-refractivity contribution in [1.29, 1.82) is 0 Å². The van der Waals surface area contributed by atoms with Crippen LogP contribution in [0.2, 0.25) is 0 Å². The zero-order valence-electron chi connectivity index (χ0n) is 13.2. The van der Waals surface area contributed by atoms with E-state index < -0.39 is 10.8 Å². The van der Waals surface area contributed by atoms with Crippen molar-refractivity contribution in [2.75, 3.05) is 12.1 Å². The van der Waals surface area contributed by atoms with Crippen LogP contribution in [0.25, 0.3) is 0 Å². The maximum absolute atomic E-state index is 12.3. The van der Waals surface area contributed by atoms with Crippen LogP contribution in [0, 0.1) is 10.1 Å². The van der Waals surface area contributed by atoms with Gasteiger partial charge in [-0.1, -0.05) is 0 Å². The first-order valence-corrected chi connectivity index (χ1v) is 7.50. The van der Waals surface area contributed by atoms with Crippen molar-refractivity contribution in [1.82, 2.24) is 19.6 Å². The molecule has 0 radical (unpaired) electrons. The molecule has 1 aliphatic heterocycles. The zero-order valence-corrected chi connectivity index (χ0v) is 13.2. The molecule has 4 rings (SSSR count). The van der Waals surface area contributed by atoms with Gasteiger partial charge >= 0.3 is 5.69 Å². The van der Waals surface area contributed by atoms with E-state index >= 15 is 0 Å². The van der Waals surface area contributed by atoms with E-state index in [0.29, 0.717) is 17.2 Å². The van der Waals surface area contributed by atoms with Crippen LogP contribution in [0.15, 0.2) is 42.9 Å². The molecule has 26 heavy (non-hydrogen) atoms. The largest absolute Gasteiger partial charge is 0.454 e. The van der Waals surface area contributed by atoms with E-state index in [1.165, 1.54) is 15.6 Å². The van der Waals surface area contributed by atoms with Crippen LogP contribution in [0.4, 0.5) is 11.4 Å². The van der Waals surface area contributed by atoms with Crippen LogP contribution in [0.3, 0.4) is 0 Å². The molecule has 1 N–H and O–H groups in total. The first kappa shape index (κ1) is 15.6. The van der Waals surface area contributed by atoms with Crippen molar-refractivity contribution in [2.24, 2.45) is 0 Å². The minimum absolute atomic E-state index is 0.113. The van der Waals surface area contributed by atoms with Gasteiger partial charge in [0.05, 0.1) is 4.92 Å². The molecule has 1 aromatic carbocycles. The van der Waals surface area contributed by atoms with E-state index in [9.17, 15) is 14.9 Å². The lowest BCUT2D eigenvalue weighted by Gasteiger charge is -2.04. The number of rotatable bonds is 5. The highest BCUT2D eigenvalue weighted by atomic mass is 16.7. The van der Waals surface area contributed by atoms with Gasteiger partial charge in [-0.15, -0.1) is 0 Å². The Labute approximate surface area is 145 Å². The molecule has 0 fully saturated rings. The maximum atomic E-state index is 12.3. The third-order valence-electron chi connectivity index (χ3n) is 3.62. The Hall–Kier alpha value is -3.89. The number of aromatic nitrogens is 4. The molecular weight excluding hydrogens is 344 g/mol. The normalized spacial score (nSPS) is 12.2. The number of amides is 1. The first-order valence-electron chi connectivity index (χ1n) is 7.50. The van der Waals surface area contributed by atoms with Gasteiger partial charge < -0.3 is 14.8 Å². The molecule has 2 aromatic heterocycles. The summed E-state index contributed by atoms with van der Waals surface area (Å²) in [5.74, 6) is 0.795. The highest BCUT2D eigenvalue weighted by Crippen LogP contribution is 2.34. The second-order valence-corrected chi connectivity index (χ2v) is 5.40. The van der Waals surface area contributed by atoms with Crippen molar-refractivity contribution in [3.63, 3.8) is 0 Å². The van der Waals surface area contributed by atoms with Crippen molar-refractivity contribution in [2.45, 2.75) is 6.67 Å². The van der Waals surface area contributed by atoms with Crippen LogP contribution in [0.1, 0.15) is 10.5 Å². The number of anilines is 1. The number of ether oxygens (including phenoxy) is 2. The summed E-state index contributed by atoms with van der Waals surface area (Å²) in [4.78, 5) is 22.4. The Morgan fingerprint density at radius 3 is 2.92 bits per heavy atom. The summed E-state index contributed by atoms with van der Waals surface area (Å²) in [5, 5.41) is 21.4. The third kappa shape index (κ3) is 3.05. The summed E-state index contributed by atoms with van der Waals surface area (Å²) in [6.45, 7) is 0.299. The lowest BCUT2D eigenvalue weighted by molar-refractivity contribution is -0.385. The van der Waals surface area contributed by atoms with Gasteiger partial charge in [0.15, 0.2) is 17.2 Å². The third-order valence-corrected chi connectivity index (χ3v) is 3.62. The van der Waals surface area contributed by atoms with Crippen molar-refractivity contribution >= 4 is 17.3 Å². The fourth-order valence-corrected chi connectivity index (χ4v) is 2.40. The number of fused-ring (bicyclic) bond motifs is 1. The quantitative estimate of drug-likeness (QED) is 0.542. The van der Waals surface area contributed by atoms with E-state index in [1.54, 1.807) is 30.5 Å². The molecular formula is C15H12N6O5. The Morgan fingerprint density at radius 1 is 1.27 bits per heavy atom. The lowest BCUT2D eigenvalue weighted by Crippen LogP contribution is -2.14. The van der Waals surface area contributed by atoms with Gasteiger partial charge in [0.25, 0.3) is 5.91 Å². The predicted molar refractivity (Wildman–Crippen MR) is 87.0 cm³/mol. The Bertz CT molecular complexity index is 994. The average Bonchev–Trinajstić information content (AvgIpc) is 3.35. The molecule has 0 unspecified atom stereocenters. The second-order valence-electron chi connectivity index (χ2n) is 5.40. The number of benzene rings is 1. The number of nitrogens with one attached hydrogen (secondary N) is 1. The van der Waals surface area contributed by atoms with Gasteiger partial charge in [-0.2, -0.15) is 10.2 Å². The number of carbonyl (C=O) groups is 1. The molecule has 11 heteroatoms. The summed E-state index contributed by atoms with van der Waals surface area (Å²) in [6.07, 6.45) is 4.02. The summed E-state index contributed by atoms with van der Waals surface area (Å²) in [5.41, 5.74) is 0.638. The number of hydrogen-bond acceptors (Lipinski definition) is 7. The molecule has 11 nitrogen and oxygen atoms in total. The zero-order chi connectivity index (χ0) is 18.1. The molecule has 3 heterocycles. The molecule has 0 saturated heterocycles. The minimum Gasteiger partial charge on any atom is -0.454 e. The van der Waals surface area contributed by atoms with Crippen LogP contribution in [0.5, 0.6) is 11.5 Å². The summed E-state index contributed by atoms with van der Waals surface area (Å²) >= 11 is 0. The standard InChI is InChI=1S/C15H12N6O5/c22-15(17-10-1-2-13-14(5-10)26-9-25-13)12-3-4-19(18-12)8-20-7-11(6-16-20)21(23)24/h1-7H,8-9H2,(H,17,22). The molecule has 0 saturated carbocycles. The Morgan fingerprint density at radius 2 is 2.12 bits per heavy atom. The predicted octanol–water partition coefficient (Wildman–Crippen LogP) is 1.47. The molecule has 0 bridgehead atoms. The minimum atomic E-state index is -0.531. The fraction of sp³-hybridized carbons (Fsp3) is 0.133. The smallest absolute Gasteiger partial charge is 0.307 e. The van der Waals surface area contributed by atoms with E-state index in [-0.39, 0.29) is 24.8 Å². The summed E-state index contributed by atoms with van der Waals surface area (Å²) < 4.78 is 13.3. The Kier molecular flexibility index (Phi) is 3.73. The number of carbonyl (C=O) groups excluding carboxylic acids is 1. The second kappa shape index (κ2) is 6.20. The van der Waals surface area contributed by atoms with Crippen LogP contribution >= 0.6 is 0 Å². The number of nitro groups is 1. The molecule has 1 aliphatic rings. The summed E-state index contributed by atoms with van der Waals surface area (Å²) in [7, 11) is 0. The highest BCUT2D eigenvalue weighted by molar-refractivity contribution is 6.02. The van der Waals surface area contributed by atoms with Crippen molar-refractivity contribution in [3.05, 3.63) is 58.7 Å². The van der Waals surface area contributed by atoms with Gasteiger partial charge in [-0.25, -0.2) is 4.68 Å². The van der Waals surface area contributed by atoms with E-state index in [0.717, 1.165) is 6.20 Å². The molecule has 1 amide bonds. The molecule has 0 spiro atoms. The molecule has 0 atom stereocenters. The topological polar surface area (TPSA) is 126 Å². The van der Waals surface area contributed by atoms with Crippen LogP contribution in [-0.2, 0) is 6.67 Å². The van der Waals surface area contributed by atoms with Crippen molar-refractivity contribution in [3.8, 4) is 11.5 Å². The SMILES string of the molecule is O=C(Nc1ccc2c(c1)OCO2)c1ccn(Cn2cc([N+](=O)[O-])cn2)n1. The highest BCUT2D eigenvalue weighted by Gasteiger charge is 2.16. The molecule has 132 valence electrons. The lowest BCUT2D eigenvalue weighted by atomic mass is 10.2. The van der Waals surface area contributed by atoms with Gasteiger partial charge in [-0.05, 0) is 18.2 Å². The number of nitrogens with zero attached hydrogens (tertiary/aromatic N) is 5. The van der Waals surface area contributed by atoms with Gasteiger partial charge in [0.2, 0.25) is 6.79 Å². The van der Waals surface area contributed by atoms with Gasteiger partial charge in [-0.3, -0.25) is 19.6 Å². The van der Waals surface area contributed by atoms with Crippen LogP contribution in [-0.4, -0.2) is 37.2 Å². The molecule has 0 aliphatic carbocycles.